The molecule has 0 radical (unpaired) electrons. The van der Waals surface area contributed by atoms with Crippen LogP contribution < -0.4 is 15.8 Å². The standard InChI is InChI=1S/C26H31N3O5S/c1-17(22-16-18-8-9-19(22)15-18)28-35(32,33)21-12-10-20(11-13-21)27-25(30)7-4-14-29-23-5-2-3-6-24(23)34-26(29)31/h2-3,5-6,10-13,17-19,22,28H,4,7-9,14-16H2,1H3,(H,27,30)/t17-,18-,19-,22-/m0/s1. The van der Waals surface area contributed by atoms with E-state index in [4.69, 9.17) is 4.42 Å². The summed E-state index contributed by atoms with van der Waals surface area (Å²) in [6, 6.07) is 13.3. The van der Waals surface area contributed by atoms with Crippen LogP contribution in [0.25, 0.3) is 11.1 Å². The zero-order valence-electron chi connectivity index (χ0n) is 19.8. The first-order valence-electron chi connectivity index (χ1n) is 12.3. The van der Waals surface area contributed by atoms with E-state index >= 15 is 0 Å². The van der Waals surface area contributed by atoms with Crippen molar-refractivity contribution in [1.29, 1.82) is 0 Å². The fourth-order valence-corrected chi connectivity index (χ4v) is 7.17. The van der Waals surface area contributed by atoms with Crippen LogP contribution in [0.3, 0.4) is 0 Å². The van der Waals surface area contributed by atoms with Crippen LogP contribution in [0.5, 0.6) is 0 Å². The van der Waals surface area contributed by atoms with Gasteiger partial charge in [0, 0.05) is 24.7 Å². The first kappa shape index (κ1) is 23.8. The van der Waals surface area contributed by atoms with Crippen molar-refractivity contribution in [2.45, 2.75) is 62.9 Å². The lowest BCUT2D eigenvalue weighted by atomic mass is 9.84. The smallest absolute Gasteiger partial charge is 0.408 e. The fourth-order valence-electron chi connectivity index (χ4n) is 5.87. The molecule has 2 saturated carbocycles. The van der Waals surface area contributed by atoms with Gasteiger partial charge in [0.15, 0.2) is 5.58 Å². The molecule has 5 rings (SSSR count). The monoisotopic (exact) mass is 497 g/mol. The van der Waals surface area contributed by atoms with E-state index < -0.39 is 15.8 Å². The fraction of sp³-hybridized carbons (Fsp3) is 0.462. The van der Waals surface area contributed by atoms with E-state index in [1.54, 1.807) is 24.3 Å². The molecule has 1 heterocycles. The van der Waals surface area contributed by atoms with Crippen molar-refractivity contribution < 1.29 is 17.6 Å². The molecule has 2 aliphatic carbocycles. The summed E-state index contributed by atoms with van der Waals surface area (Å²) < 4.78 is 35.4. The zero-order valence-corrected chi connectivity index (χ0v) is 20.6. The number of carbonyl (C=O) groups excluding carboxylic acids is 1. The molecule has 2 aliphatic rings. The maximum atomic E-state index is 12.9. The Hall–Kier alpha value is -2.91. The maximum absolute atomic E-state index is 12.9. The molecule has 8 nitrogen and oxygen atoms in total. The molecule has 9 heteroatoms. The summed E-state index contributed by atoms with van der Waals surface area (Å²) in [5.41, 5.74) is 1.76. The third-order valence-corrected chi connectivity index (χ3v) is 9.16. The van der Waals surface area contributed by atoms with Gasteiger partial charge in [0.05, 0.1) is 10.4 Å². The number of hydrogen-bond acceptors (Lipinski definition) is 5. The molecular weight excluding hydrogens is 466 g/mol. The van der Waals surface area contributed by atoms with Gasteiger partial charge in [0.1, 0.15) is 0 Å². The van der Waals surface area contributed by atoms with Crippen molar-refractivity contribution in [3.05, 3.63) is 59.1 Å². The molecule has 186 valence electrons. The molecule has 3 aromatic rings. The van der Waals surface area contributed by atoms with Gasteiger partial charge in [-0.3, -0.25) is 9.36 Å². The van der Waals surface area contributed by atoms with E-state index in [2.05, 4.69) is 10.0 Å². The van der Waals surface area contributed by atoms with Crippen LogP contribution in [-0.2, 0) is 21.4 Å². The average molecular weight is 498 g/mol. The van der Waals surface area contributed by atoms with Gasteiger partial charge in [0.25, 0.3) is 0 Å². The number of carbonyl (C=O) groups is 1. The normalized spacial score (nSPS) is 22.5. The van der Waals surface area contributed by atoms with Crippen molar-refractivity contribution >= 4 is 32.7 Å². The highest BCUT2D eigenvalue weighted by molar-refractivity contribution is 7.89. The van der Waals surface area contributed by atoms with Crippen LogP contribution in [0.1, 0.15) is 45.4 Å². The molecule has 0 aliphatic heterocycles. The summed E-state index contributed by atoms with van der Waals surface area (Å²) in [4.78, 5) is 24.6. The predicted octanol–water partition coefficient (Wildman–Crippen LogP) is 4.12. The van der Waals surface area contributed by atoms with E-state index in [9.17, 15) is 18.0 Å². The third kappa shape index (κ3) is 5.06. The number of hydrogen-bond donors (Lipinski definition) is 2. The minimum atomic E-state index is -3.62. The maximum Gasteiger partial charge on any atom is 0.419 e. The molecule has 0 spiro atoms. The second kappa shape index (κ2) is 9.62. The number of fused-ring (bicyclic) bond motifs is 3. The SMILES string of the molecule is C[C@H](NS(=O)(=O)c1ccc(NC(=O)CCCn2c(=O)oc3ccccc32)cc1)[C@@H]1C[C@H]2CC[C@H]1C2. The van der Waals surface area contributed by atoms with Gasteiger partial charge in [-0.25, -0.2) is 17.9 Å². The number of para-hydroxylation sites is 2. The van der Waals surface area contributed by atoms with Crippen molar-refractivity contribution in [1.82, 2.24) is 9.29 Å². The highest BCUT2D eigenvalue weighted by Crippen LogP contribution is 2.49. The molecule has 2 aromatic carbocycles. The van der Waals surface area contributed by atoms with E-state index in [1.165, 1.54) is 36.0 Å². The van der Waals surface area contributed by atoms with Gasteiger partial charge >= 0.3 is 5.76 Å². The number of nitrogens with zero attached hydrogens (tertiary/aromatic N) is 1. The number of oxazole rings is 1. The first-order chi connectivity index (χ1) is 16.8. The molecule has 4 atom stereocenters. The third-order valence-electron chi connectivity index (χ3n) is 7.58. The Bertz CT molecular complexity index is 1380. The van der Waals surface area contributed by atoms with Gasteiger partial charge in [-0.05, 0) is 86.8 Å². The van der Waals surface area contributed by atoms with Crippen molar-refractivity contribution in [3.63, 3.8) is 0 Å². The Morgan fingerprint density at radius 1 is 1.11 bits per heavy atom. The highest BCUT2D eigenvalue weighted by atomic mass is 32.2. The molecule has 2 N–H and O–H groups in total. The van der Waals surface area contributed by atoms with Crippen LogP contribution >= 0.6 is 0 Å². The summed E-state index contributed by atoms with van der Waals surface area (Å²) in [5.74, 6) is 1.18. The minimum Gasteiger partial charge on any atom is -0.408 e. The number of nitrogens with one attached hydrogen (secondary N) is 2. The number of aryl methyl sites for hydroxylation is 1. The molecule has 35 heavy (non-hydrogen) atoms. The predicted molar refractivity (Wildman–Crippen MR) is 134 cm³/mol. The lowest BCUT2D eigenvalue weighted by molar-refractivity contribution is -0.116. The second-order valence-corrected chi connectivity index (χ2v) is 11.6. The van der Waals surface area contributed by atoms with E-state index in [1.807, 2.05) is 19.1 Å². The summed E-state index contributed by atoms with van der Waals surface area (Å²) in [6.07, 6.45) is 5.53. The molecule has 1 amide bonds. The van der Waals surface area contributed by atoms with E-state index in [0.29, 0.717) is 41.6 Å². The Kier molecular flexibility index (Phi) is 6.55. The minimum absolute atomic E-state index is 0.0884. The topological polar surface area (TPSA) is 110 Å². The van der Waals surface area contributed by atoms with Gasteiger partial charge in [-0.1, -0.05) is 18.6 Å². The average Bonchev–Trinajstić information content (AvgIpc) is 3.54. The van der Waals surface area contributed by atoms with E-state index in [-0.39, 0.29) is 23.3 Å². The molecular formula is C26H31N3O5S. The van der Waals surface area contributed by atoms with Crippen molar-refractivity contribution in [3.8, 4) is 0 Å². The van der Waals surface area contributed by atoms with Crippen molar-refractivity contribution in [2.24, 2.45) is 17.8 Å². The Balaban J connectivity index is 1.13. The summed E-state index contributed by atoms with van der Waals surface area (Å²) in [7, 11) is -3.62. The number of amides is 1. The molecule has 2 fully saturated rings. The number of rotatable bonds is 9. The highest BCUT2D eigenvalue weighted by Gasteiger charge is 2.42. The second-order valence-electron chi connectivity index (χ2n) is 9.91. The molecule has 0 unspecified atom stereocenters. The van der Waals surface area contributed by atoms with Crippen molar-refractivity contribution in [2.75, 3.05) is 5.32 Å². The van der Waals surface area contributed by atoms with Crippen LogP contribution in [-0.4, -0.2) is 24.9 Å². The Morgan fingerprint density at radius 3 is 2.60 bits per heavy atom. The molecule has 0 saturated heterocycles. The Labute approximate surface area is 204 Å². The lowest BCUT2D eigenvalue weighted by Crippen LogP contribution is -2.40. The summed E-state index contributed by atoms with van der Waals surface area (Å²) in [6.45, 7) is 2.34. The number of benzene rings is 2. The number of sulfonamides is 1. The molecule has 2 bridgehead atoms. The zero-order chi connectivity index (χ0) is 24.6. The Morgan fingerprint density at radius 2 is 1.89 bits per heavy atom. The van der Waals surface area contributed by atoms with Crippen LogP contribution in [0.15, 0.2) is 62.6 Å². The lowest BCUT2D eigenvalue weighted by Gasteiger charge is -2.28. The van der Waals surface area contributed by atoms with Crippen LogP contribution in [0.4, 0.5) is 5.69 Å². The summed E-state index contributed by atoms with van der Waals surface area (Å²) in [5, 5.41) is 2.79. The number of aromatic nitrogens is 1. The summed E-state index contributed by atoms with van der Waals surface area (Å²) >= 11 is 0. The quantitative estimate of drug-likeness (QED) is 0.462. The van der Waals surface area contributed by atoms with Crippen LogP contribution in [0.2, 0.25) is 0 Å². The van der Waals surface area contributed by atoms with E-state index in [0.717, 1.165) is 12.3 Å². The van der Waals surface area contributed by atoms with Gasteiger partial charge in [-0.15, -0.1) is 0 Å². The van der Waals surface area contributed by atoms with Gasteiger partial charge < -0.3 is 9.73 Å². The van der Waals surface area contributed by atoms with Gasteiger partial charge in [0.2, 0.25) is 15.9 Å². The van der Waals surface area contributed by atoms with Crippen LogP contribution in [0, 0.1) is 17.8 Å². The van der Waals surface area contributed by atoms with Gasteiger partial charge in [-0.2, -0.15) is 0 Å². The first-order valence-corrected chi connectivity index (χ1v) is 13.8. The number of anilines is 1. The molecule has 1 aromatic heterocycles. The largest absolute Gasteiger partial charge is 0.419 e.